The van der Waals surface area contributed by atoms with Gasteiger partial charge in [0.15, 0.2) is 0 Å². The van der Waals surface area contributed by atoms with E-state index in [9.17, 15) is 0 Å². The minimum atomic E-state index is 0.0137. The van der Waals surface area contributed by atoms with Crippen molar-refractivity contribution in [1.29, 1.82) is 0 Å². The second kappa shape index (κ2) is 7.39. The Kier molecular flexibility index (Phi) is 5.54. The van der Waals surface area contributed by atoms with Crippen LogP contribution >= 0.6 is 0 Å². The highest BCUT2D eigenvalue weighted by Crippen LogP contribution is 2.33. The van der Waals surface area contributed by atoms with Gasteiger partial charge >= 0.3 is 0 Å². The summed E-state index contributed by atoms with van der Waals surface area (Å²) in [6.07, 6.45) is 0. The fourth-order valence-electron chi connectivity index (χ4n) is 3.19. The molecule has 0 heterocycles. The molecule has 0 aliphatic carbocycles. The number of nitrogens with two attached hydrogens (primary N) is 2. The van der Waals surface area contributed by atoms with Gasteiger partial charge in [-0.3, -0.25) is 0 Å². The summed E-state index contributed by atoms with van der Waals surface area (Å²) >= 11 is 0. The molecule has 0 saturated carbocycles. The molecule has 0 bridgehead atoms. The third-order valence-corrected chi connectivity index (χ3v) is 4.26. The first kappa shape index (κ1) is 15.7. The molecule has 0 fully saturated rings. The second-order valence-corrected chi connectivity index (χ2v) is 6.01. The summed E-state index contributed by atoms with van der Waals surface area (Å²) in [5.74, 6) is 0.957. The van der Waals surface area contributed by atoms with Gasteiger partial charge in [0.1, 0.15) is 0 Å². The highest BCUT2D eigenvalue weighted by molar-refractivity contribution is 5.27. The van der Waals surface area contributed by atoms with Gasteiger partial charge < -0.3 is 11.5 Å². The van der Waals surface area contributed by atoms with Crippen LogP contribution in [0.5, 0.6) is 0 Å². The van der Waals surface area contributed by atoms with Gasteiger partial charge in [0.25, 0.3) is 0 Å². The zero-order valence-corrected chi connectivity index (χ0v) is 12.9. The average molecular weight is 282 g/mol. The lowest BCUT2D eigenvalue weighted by molar-refractivity contribution is 0.372. The fraction of sp³-hybridized carbons (Fsp3) is 0.368. The molecule has 0 spiro atoms. The minimum Gasteiger partial charge on any atom is -0.330 e. The van der Waals surface area contributed by atoms with Crippen molar-refractivity contribution in [2.24, 2.45) is 17.4 Å². The molecule has 2 aromatic rings. The SMILES string of the molecule is CC(C)C(c1ccccc1)C(N)C(CN)c1ccccc1. The molecule has 2 nitrogen and oxygen atoms in total. The first-order chi connectivity index (χ1) is 10.1. The monoisotopic (exact) mass is 282 g/mol. The number of rotatable bonds is 6. The molecule has 0 saturated heterocycles. The Morgan fingerprint density at radius 1 is 0.810 bits per heavy atom. The van der Waals surface area contributed by atoms with Crippen molar-refractivity contribution in [1.82, 2.24) is 0 Å². The van der Waals surface area contributed by atoms with Crippen LogP contribution in [0.25, 0.3) is 0 Å². The van der Waals surface area contributed by atoms with Crippen molar-refractivity contribution < 1.29 is 0 Å². The molecule has 112 valence electrons. The Hall–Kier alpha value is -1.64. The maximum atomic E-state index is 6.66. The molecule has 2 aromatic carbocycles. The van der Waals surface area contributed by atoms with E-state index in [1.54, 1.807) is 0 Å². The van der Waals surface area contributed by atoms with Gasteiger partial charge in [0.2, 0.25) is 0 Å². The van der Waals surface area contributed by atoms with Crippen LogP contribution in [0.4, 0.5) is 0 Å². The van der Waals surface area contributed by atoms with E-state index in [1.807, 2.05) is 12.1 Å². The minimum absolute atomic E-state index is 0.0137. The van der Waals surface area contributed by atoms with Crippen LogP contribution in [-0.2, 0) is 0 Å². The van der Waals surface area contributed by atoms with Gasteiger partial charge in [-0.1, -0.05) is 74.5 Å². The largest absolute Gasteiger partial charge is 0.330 e. The van der Waals surface area contributed by atoms with Crippen LogP contribution in [0.15, 0.2) is 60.7 Å². The van der Waals surface area contributed by atoms with Crippen LogP contribution in [0.3, 0.4) is 0 Å². The van der Waals surface area contributed by atoms with E-state index in [0.717, 1.165) is 0 Å². The van der Waals surface area contributed by atoms with E-state index >= 15 is 0 Å². The Morgan fingerprint density at radius 3 is 1.71 bits per heavy atom. The molecular formula is C19H26N2. The number of benzene rings is 2. The van der Waals surface area contributed by atoms with Crippen molar-refractivity contribution in [3.05, 3.63) is 71.8 Å². The van der Waals surface area contributed by atoms with Crippen molar-refractivity contribution in [2.45, 2.75) is 31.7 Å². The maximum Gasteiger partial charge on any atom is 0.0192 e. The Morgan fingerprint density at radius 2 is 1.29 bits per heavy atom. The molecule has 0 amide bonds. The second-order valence-electron chi connectivity index (χ2n) is 6.01. The lowest BCUT2D eigenvalue weighted by Gasteiger charge is -2.33. The van der Waals surface area contributed by atoms with Gasteiger partial charge in [-0.25, -0.2) is 0 Å². The van der Waals surface area contributed by atoms with E-state index in [0.29, 0.717) is 18.4 Å². The lowest BCUT2D eigenvalue weighted by atomic mass is 9.75. The topological polar surface area (TPSA) is 52.0 Å². The molecule has 2 rings (SSSR count). The van der Waals surface area contributed by atoms with E-state index in [4.69, 9.17) is 11.5 Å². The van der Waals surface area contributed by atoms with Gasteiger partial charge in [0, 0.05) is 24.4 Å². The van der Waals surface area contributed by atoms with Gasteiger partial charge in [0.05, 0.1) is 0 Å². The average Bonchev–Trinajstić information content (AvgIpc) is 2.50. The van der Waals surface area contributed by atoms with E-state index in [1.165, 1.54) is 11.1 Å². The first-order valence-electron chi connectivity index (χ1n) is 7.70. The van der Waals surface area contributed by atoms with Crippen molar-refractivity contribution in [3.63, 3.8) is 0 Å². The first-order valence-corrected chi connectivity index (χ1v) is 7.70. The predicted octanol–water partition coefficient (Wildman–Crippen LogP) is 3.50. The maximum absolute atomic E-state index is 6.66. The van der Waals surface area contributed by atoms with E-state index in [2.05, 4.69) is 62.4 Å². The van der Waals surface area contributed by atoms with Crippen molar-refractivity contribution in [2.75, 3.05) is 6.54 Å². The van der Waals surface area contributed by atoms with Crippen LogP contribution < -0.4 is 11.5 Å². The van der Waals surface area contributed by atoms with E-state index in [-0.39, 0.29) is 12.0 Å². The van der Waals surface area contributed by atoms with Gasteiger partial charge in [-0.15, -0.1) is 0 Å². The number of hydrogen-bond acceptors (Lipinski definition) is 2. The molecule has 0 aliphatic heterocycles. The molecule has 0 radical (unpaired) electrons. The molecule has 0 aromatic heterocycles. The number of hydrogen-bond donors (Lipinski definition) is 2. The van der Waals surface area contributed by atoms with Crippen LogP contribution in [0.2, 0.25) is 0 Å². The quantitative estimate of drug-likeness (QED) is 0.852. The lowest BCUT2D eigenvalue weighted by Crippen LogP contribution is -2.40. The zero-order valence-electron chi connectivity index (χ0n) is 12.9. The summed E-state index contributed by atoms with van der Waals surface area (Å²) in [7, 11) is 0. The summed E-state index contributed by atoms with van der Waals surface area (Å²) in [6, 6.07) is 20.9. The zero-order chi connectivity index (χ0) is 15.2. The summed E-state index contributed by atoms with van der Waals surface area (Å²) in [6.45, 7) is 5.04. The molecule has 3 atom stereocenters. The molecule has 3 unspecified atom stereocenters. The third-order valence-electron chi connectivity index (χ3n) is 4.26. The summed E-state index contributed by atoms with van der Waals surface area (Å²) in [5.41, 5.74) is 15.2. The molecule has 21 heavy (non-hydrogen) atoms. The Labute approximate surface area is 128 Å². The van der Waals surface area contributed by atoms with Crippen LogP contribution in [-0.4, -0.2) is 12.6 Å². The highest BCUT2D eigenvalue weighted by atomic mass is 14.7. The fourth-order valence-corrected chi connectivity index (χ4v) is 3.19. The molecule has 0 aliphatic rings. The predicted molar refractivity (Wildman–Crippen MR) is 90.2 cm³/mol. The highest BCUT2D eigenvalue weighted by Gasteiger charge is 2.29. The van der Waals surface area contributed by atoms with Gasteiger partial charge in [-0.2, -0.15) is 0 Å². The Bertz CT molecular complexity index is 522. The standard InChI is InChI=1S/C19H26N2/c1-14(2)18(16-11-7-4-8-12-16)19(21)17(13-20)15-9-5-3-6-10-15/h3-12,14,17-19H,13,20-21H2,1-2H3. The summed E-state index contributed by atoms with van der Waals surface area (Å²) in [4.78, 5) is 0. The van der Waals surface area contributed by atoms with Crippen molar-refractivity contribution in [3.8, 4) is 0 Å². The van der Waals surface area contributed by atoms with Gasteiger partial charge in [-0.05, 0) is 17.0 Å². The summed E-state index contributed by atoms with van der Waals surface area (Å²) in [5, 5.41) is 0. The Balaban J connectivity index is 2.31. The molecule has 2 heteroatoms. The van der Waals surface area contributed by atoms with Crippen LogP contribution in [0, 0.1) is 5.92 Å². The van der Waals surface area contributed by atoms with Crippen molar-refractivity contribution >= 4 is 0 Å². The molecular weight excluding hydrogens is 256 g/mol. The summed E-state index contributed by atoms with van der Waals surface area (Å²) < 4.78 is 0. The van der Waals surface area contributed by atoms with E-state index < -0.39 is 0 Å². The normalized spacial score (nSPS) is 15.7. The van der Waals surface area contributed by atoms with Crippen LogP contribution in [0.1, 0.15) is 36.8 Å². The third kappa shape index (κ3) is 3.72. The molecule has 4 N–H and O–H groups in total. The smallest absolute Gasteiger partial charge is 0.0192 e.